The molecular formula is C18H20ClFN2. The Labute approximate surface area is 135 Å². The highest BCUT2D eigenvalue weighted by atomic mass is 35.5. The fourth-order valence-corrected chi connectivity index (χ4v) is 3.08. The van der Waals surface area contributed by atoms with E-state index in [1.807, 2.05) is 12.1 Å². The number of halogens is 2. The Morgan fingerprint density at radius 1 is 1.23 bits per heavy atom. The van der Waals surface area contributed by atoms with Crippen molar-refractivity contribution in [3.63, 3.8) is 0 Å². The number of benzene rings is 1. The van der Waals surface area contributed by atoms with Crippen LogP contribution in [0, 0.1) is 17.7 Å². The maximum Gasteiger partial charge on any atom is 0.141 e. The lowest BCUT2D eigenvalue weighted by atomic mass is 9.99. The number of nitrogens with one attached hydrogen (secondary N) is 1. The number of hydrogen-bond acceptors (Lipinski definition) is 2. The first kappa shape index (κ1) is 15.4. The van der Waals surface area contributed by atoms with E-state index in [1.54, 1.807) is 6.07 Å². The van der Waals surface area contributed by atoms with Crippen LogP contribution in [0.25, 0.3) is 0 Å². The first-order valence-electron chi connectivity index (χ1n) is 7.67. The zero-order valence-corrected chi connectivity index (χ0v) is 13.5. The van der Waals surface area contributed by atoms with Crippen molar-refractivity contribution in [3.05, 3.63) is 64.7 Å². The summed E-state index contributed by atoms with van der Waals surface area (Å²) < 4.78 is 13.0. The Morgan fingerprint density at radius 3 is 2.45 bits per heavy atom. The highest BCUT2D eigenvalue weighted by Gasteiger charge is 2.40. The molecule has 1 aromatic heterocycles. The Bertz CT molecular complexity index is 627. The van der Waals surface area contributed by atoms with Gasteiger partial charge in [0.15, 0.2) is 0 Å². The molecule has 22 heavy (non-hydrogen) atoms. The molecule has 0 spiro atoms. The highest BCUT2D eigenvalue weighted by Crippen LogP contribution is 2.47. The molecule has 0 unspecified atom stereocenters. The SMILES string of the molecule is C[C@H](N[C@H](c1ccc(Cl)cc1)[C@@H]1C[C@H]1C)c1ccc(F)cn1. The first-order valence-corrected chi connectivity index (χ1v) is 8.05. The largest absolute Gasteiger partial charge is 0.302 e. The summed E-state index contributed by atoms with van der Waals surface area (Å²) in [6, 6.07) is 11.5. The molecule has 2 nitrogen and oxygen atoms in total. The Balaban J connectivity index is 1.78. The molecule has 1 N–H and O–H groups in total. The van der Waals surface area contributed by atoms with Gasteiger partial charge in [-0.25, -0.2) is 4.39 Å². The Kier molecular flexibility index (Phi) is 4.46. The molecule has 116 valence electrons. The lowest BCUT2D eigenvalue weighted by molar-refractivity contribution is 0.409. The topological polar surface area (TPSA) is 24.9 Å². The molecule has 1 aliphatic carbocycles. The average Bonchev–Trinajstić information content (AvgIpc) is 3.23. The van der Waals surface area contributed by atoms with Crippen molar-refractivity contribution in [1.29, 1.82) is 0 Å². The summed E-state index contributed by atoms with van der Waals surface area (Å²) in [6.07, 6.45) is 2.49. The summed E-state index contributed by atoms with van der Waals surface area (Å²) in [6.45, 7) is 4.34. The average molecular weight is 319 g/mol. The smallest absolute Gasteiger partial charge is 0.141 e. The molecule has 0 amide bonds. The van der Waals surface area contributed by atoms with Crippen LogP contribution in [-0.4, -0.2) is 4.98 Å². The predicted molar refractivity (Wildman–Crippen MR) is 87.2 cm³/mol. The Morgan fingerprint density at radius 2 is 1.91 bits per heavy atom. The van der Waals surface area contributed by atoms with Crippen molar-refractivity contribution in [2.24, 2.45) is 11.8 Å². The minimum absolute atomic E-state index is 0.0640. The quantitative estimate of drug-likeness (QED) is 0.846. The van der Waals surface area contributed by atoms with Gasteiger partial charge in [-0.2, -0.15) is 0 Å². The molecule has 3 rings (SSSR count). The van der Waals surface area contributed by atoms with E-state index in [-0.39, 0.29) is 17.9 Å². The molecule has 4 heteroatoms. The van der Waals surface area contributed by atoms with E-state index in [2.05, 4.69) is 36.3 Å². The van der Waals surface area contributed by atoms with E-state index in [1.165, 1.54) is 24.2 Å². The fourth-order valence-electron chi connectivity index (χ4n) is 2.95. The predicted octanol–water partition coefficient (Wildman–Crippen LogP) is 4.92. The molecule has 1 aromatic carbocycles. The lowest BCUT2D eigenvalue weighted by Gasteiger charge is -2.24. The van der Waals surface area contributed by atoms with Crippen molar-refractivity contribution in [2.45, 2.75) is 32.4 Å². The van der Waals surface area contributed by atoms with Crippen LogP contribution in [0.3, 0.4) is 0 Å². The second-order valence-corrected chi connectivity index (χ2v) is 6.63. The van der Waals surface area contributed by atoms with Gasteiger partial charge in [-0.15, -0.1) is 0 Å². The minimum atomic E-state index is -0.305. The zero-order valence-electron chi connectivity index (χ0n) is 12.8. The first-order chi connectivity index (χ1) is 10.5. The lowest BCUT2D eigenvalue weighted by Crippen LogP contribution is -2.27. The molecule has 0 aliphatic heterocycles. The van der Waals surface area contributed by atoms with Crippen molar-refractivity contribution >= 4 is 11.6 Å². The van der Waals surface area contributed by atoms with Gasteiger partial charge in [0, 0.05) is 17.1 Å². The monoisotopic (exact) mass is 318 g/mol. The molecule has 0 bridgehead atoms. The number of hydrogen-bond donors (Lipinski definition) is 1. The summed E-state index contributed by atoms with van der Waals surface area (Å²) in [4.78, 5) is 4.18. The Hall–Kier alpha value is -1.45. The third-order valence-electron chi connectivity index (χ3n) is 4.45. The molecule has 1 fully saturated rings. The molecule has 2 aromatic rings. The van der Waals surface area contributed by atoms with Crippen LogP contribution in [0.2, 0.25) is 5.02 Å². The van der Waals surface area contributed by atoms with Crippen molar-refractivity contribution < 1.29 is 4.39 Å². The van der Waals surface area contributed by atoms with Gasteiger partial charge in [0.2, 0.25) is 0 Å². The van der Waals surface area contributed by atoms with E-state index in [9.17, 15) is 4.39 Å². The van der Waals surface area contributed by atoms with Gasteiger partial charge in [0.05, 0.1) is 11.9 Å². The van der Waals surface area contributed by atoms with Gasteiger partial charge >= 0.3 is 0 Å². The minimum Gasteiger partial charge on any atom is -0.302 e. The van der Waals surface area contributed by atoms with Crippen LogP contribution < -0.4 is 5.32 Å². The van der Waals surface area contributed by atoms with Gasteiger partial charge < -0.3 is 5.32 Å². The van der Waals surface area contributed by atoms with Gasteiger partial charge in [-0.05, 0) is 55.0 Å². The normalized spacial score (nSPS) is 23.1. The van der Waals surface area contributed by atoms with E-state index in [4.69, 9.17) is 11.6 Å². The van der Waals surface area contributed by atoms with Crippen LogP contribution >= 0.6 is 11.6 Å². The molecule has 1 saturated carbocycles. The number of nitrogens with zero attached hydrogens (tertiary/aromatic N) is 1. The second-order valence-electron chi connectivity index (χ2n) is 6.20. The van der Waals surface area contributed by atoms with Gasteiger partial charge in [0.25, 0.3) is 0 Å². The third-order valence-corrected chi connectivity index (χ3v) is 4.70. The van der Waals surface area contributed by atoms with Gasteiger partial charge in [-0.3, -0.25) is 4.98 Å². The highest BCUT2D eigenvalue weighted by molar-refractivity contribution is 6.30. The number of aromatic nitrogens is 1. The fraction of sp³-hybridized carbons (Fsp3) is 0.389. The summed E-state index contributed by atoms with van der Waals surface area (Å²) >= 11 is 5.99. The van der Waals surface area contributed by atoms with Gasteiger partial charge in [0.1, 0.15) is 5.82 Å². The summed E-state index contributed by atoms with van der Waals surface area (Å²) in [5, 5.41) is 4.40. The maximum atomic E-state index is 13.0. The summed E-state index contributed by atoms with van der Waals surface area (Å²) in [5.41, 5.74) is 2.10. The van der Waals surface area contributed by atoms with E-state index >= 15 is 0 Å². The van der Waals surface area contributed by atoms with Crippen molar-refractivity contribution in [3.8, 4) is 0 Å². The van der Waals surface area contributed by atoms with E-state index in [0.717, 1.165) is 16.6 Å². The molecule has 0 saturated heterocycles. The zero-order chi connectivity index (χ0) is 15.7. The van der Waals surface area contributed by atoms with Crippen LogP contribution in [0.15, 0.2) is 42.6 Å². The van der Waals surface area contributed by atoms with Crippen molar-refractivity contribution in [2.75, 3.05) is 0 Å². The van der Waals surface area contributed by atoms with E-state index in [0.29, 0.717) is 5.92 Å². The van der Waals surface area contributed by atoms with Crippen LogP contribution in [0.4, 0.5) is 4.39 Å². The maximum absolute atomic E-state index is 13.0. The molecule has 4 atom stereocenters. The number of pyridine rings is 1. The second kappa shape index (κ2) is 6.35. The van der Waals surface area contributed by atoms with Crippen LogP contribution in [0.1, 0.15) is 43.6 Å². The summed E-state index contributed by atoms with van der Waals surface area (Å²) in [7, 11) is 0. The van der Waals surface area contributed by atoms with Crippen LogP contribution in [0.5, 0.6) is 0 Å². The molecule has 1 aliphatic rings. The van der Waals surface area contributed by atoms with Gasteiger partial charge in [-0.1, -0.05) is 30.7 Å². The standard InChI is InChI=1S/C18H20ClFN2/c1-11-9-16(11)18(13-3-5-14(19)6-4-13)22-12(2)17-8-7-15(20)10-21-17/h3-8,10-12,16,18,22H,9H2,1-2H3/t11-,12+,16-,18-/m1/s1. The third kappa shape index (κ3) is 3.47. The number of rotatable bonds is 5. The van der Waals surface area contributed by atoms with Crippen LogP contribution in [-0.2, 0) is 0 Å². The van der Waals surface area contributed by atoms with Crippen molar-refractivity contribution in [1.82, 2.24) is 10.3 Å². The molecule has 1 heterocycles. The molecule has 0 radical (unpaired) electrons. The molecular weight excluding hydrogens is 299 g/mol. The summed E-state index contributed by atoms with van der Waals surface area (Å²) in [5.74, 6) is 1.05. The van der Waals surface area contributed by atoms with E-state index < -0.39 is 0 Å².